The third-order valence-electron chi connectivity index (χ3n) is 4.76. The van der Waals surface area contributed by atoms with E-state index >= 15 is 0 Å². The molecule has 0 radical (unpaired) electrons. The van der Waals surface area contributed by atoms with Crippen LogP contribution in [0.5, 0.6) is 0 Å². The summed E-state index contributed by atoms with van der Waals surface area (Å²) in [4.78, 5) is 0. The summed E-state index contributed by atoms with van der Waals surface area (Å²) in [5.41, 5.74) is 2.15. The van der Waals surface area contributed by atoms with Crippen LogP contribution >= 0.6 is 0 Å². The number of hydrogen-bond acceptors (Lipinski definition) is 1. The van der Waals surface area contributed by atoms with Crippen LogP contribution in [0.2, 0.25) is 0 Å². The van der Waals surface area contributed by atoms with E-state index in [1.807, 2.05) is 6.92 Å². The van der Waals surface area contributed by atoms with Gasteiger partial charge in [-0.3, -0.25) is 0 Å². The van der Waals surface area contributed by atoms with Gasteiger partial charge in [0.15, 0.2) is 0 Å². The maximum absolute atomic E-state index is 5.68. The van der Waals surface area contributed by atoms with E-state index in [0.29, 0.717) is 5.41 Å². The third kappa shape index (κ3) is 1.37. The molecular formula is C15H20O. The summed E-state index contributed by atoms with van der Waals surface area (Å²) in [5.74, 6) is 3.89. The van der Waals surface area contributed by atoms with Crippen LogP contribution in [0, 0.1) is 24.2 Å². The molecule has 0 spiro atoms. The SMILES string of the molecule is Cc1ccc(CC2=CC[C@H]3C[C@@H]2C3(C)C)o1. The highest BCUT2D eigenvalue weighted by molar-refractivity contribution is 5.27. The quantitative estimate of drug-likeness (QED) is 0.678. The molecule has 1 fully saturated rings. The molecule has 4 rings (SSSR count). The lowest BCUT2D eigenvalue weighted by Gasteiger charge is -2.56. The Balaban J connectivity index is 1.79. The van der Waals surface area contributed by atoms with Gasteiger partial charge in [0.2, 0.25) is 0 Å². The Hall–Kier alpha value is -0.980. The van der Waals surface area contributed by atoms with Gasteiger partial charge < -0.3 is 4.42 Å². The average molecular weight is 216 g/mol. The van der Waals surface area contributed by atoms with Gasteiger partial charge in [0, 0.05) is 6.42 Å². The first-order valence-electron chi connectivity index (χ1n) is 6.31. The molecule has 0 aliphatic heterocycles. The van der Waals surface area contributed by atoms with E-state index in [-0.39, 0.29) is 0 Å². The minimum atomic E-state index is 0.533. The number of rotatable bonds is 2. The van der Waals surface area contributed by atoms with Crippen molar-refractivity contribution in [3.63, 3.8) is 0 Å². The molecule has 1 heterocycles. The smallest absolute Gasteiger partial charge is 0.108 e. The first-order valence-corrected chi connectivity index (χ1v) is 6.31. The fourth-order valence-electron chi connectivity index (χ4n) is 3.46. The predicted molar refractivity (Wildman–Crippen MR) is 65.2 cm³/mol. The van der Waals surface area contributed by atoms with E-state index in [1.54, 1.807) is 5.57 Å². The predicted octanol–water partition coefficient (Wildman–Crippen LogP) is 4.12. The maximum Gasteiger partial charge on any atom is 0.108 e. The molecule has 16 heavy (non-hydrogen) atoms. The number of allylic oxidation sites excluding steroid dienone is 2. The summed E-state index contributed by atoms with van der Waals surface area (Å²) in [7, 11) is 0. The van der Waals surface area contributed by atoms with Crippen molar-refractivity contribution in [2.75, 3.05) is 0 Å². The molecule has 0 amide bonds. The molecule has 1 saturated carbocycles. The summed E-state index contributed by atoms with van der Waals surface area (Å²) < 4.78 is 5.68. The Kier molecular flexibility index (Phi) is 2.07. The monoisotopic (exact) mass is 216 g/mol. The molecular weight excluding hydrogens is 196 g/mol. The van der Waals surface area contributed by atoms with Crippen LogP contribution in [0.15, 0.2) is 28.2 Å². The molecule has 1 nitrogen and oxygen atoms in total. The summed E-state index contributed by atoms with van der Waals surface area (Å²) in [6, 6.07) is 4.18. The Morgan fingerprint density at radius 1 is 1.38 bits per heavy atom. The zero-order valence-corrected chi connectivity index (χ0v) is 10.4. The maximum atomic E-state index is 5.68. The van der Waals surface area contributed by atoms with Crippen molar-refractivity contribution in [1.82, 2.24) is 0 Å². The largest absolute Gasteiger partial charge is 0.466 e. The molecule has 3 aliphatic rings. The molecule has 2 atom stereocenters. The second-order valence-electron chi connectivity index (χ2n) is 6.01. The summed E-state index contributed by atoms with van der Waals surface area (Å²) in [6.45, 7) is 6.86. The Morgan fingerprint density at radius 3 is 2.75 bits per heavy atom. The minimum absolute atomic E-state index is 0.533. The van der Waals surface area contributed by atoms with Gasteiger partial charge in [0.1, 0.15) is 11.5 Å². The molecule has 0 aromatic carbocycles. The number of fused-ring (bicyclic) bond motifs is 1. The Morgan fingerprint density at radius 2 is 2.19 bits per heavy atom. The molecule has 0 N–H and O–H groups in total. The van der Waals surface area contributed by atoms with Gasteiger partial charge in [-0.1, -0.05) is 25.5 Å². The zero-order chi connectivity index (χ0) is 11.3. The van der Waals surface area contributed by atoms with Crippen molar-refractivity contribution in [3.8, 4) is 0 Å². The zero-order valence-electron chi connectivity index (χ0n) is 10.4. The van der Waals surface area contributed by atoms with Gasteiger partial charge in [0.25, 0.3) is 0 Å². The average Bonchev–Trinajstić information content (AvgIpc) is 2.64. The molecule has 0 unspecified atom stereocenters. The highest BCUT2D eigenvalue weighted by atomic mass is 16.3. The van der Waals surface area contributed by atoms with Crippen LogP contribution in [-0.4, -0.2) is 0 Å². The van der Waals surface area contributed by atoms with E-state index in [0.717, 1.165) is 29.8 Å². The van der Waals surface area contributed by atoms with Crippen molar-refractivity contribution in [3.05, 3.63) is 35.3 Å². The standard InChI is InChI=1S/C15H20O/c1-10-4-7-13(16-10)8-11-5-6-12-9-14(11)15(12,2)3/h4-5,7,12,14H,6,8-9H2,1-3H3/t12-,14-/m0/s1. The lowest BCUT2D eigenvalue weighted by Crippen LogP contribution is -2.48. The summed E-state index contributed by atoms with van der Waals surface area (Å²) in [5, 5.41) is 0. The second-order valence-corrected chi connectivity index (χ2v) is 6.01. The molecule has 0 saturated heterocycles. The molecule has 3 aliphatic carbocycles. The van der Waals surface area contributed by atoms with E-state index in [2.05, 4.69) is 32.1 Å². The van der Waals surface area contributed by atoms with Crippen LogP contribution in [0.4, 0.5) is 0 Å². The lowest BCUT2D eigenvalue weighted by molar-refractivity contribution is -0.00781. The van der Waals surface area contributed by atoms with Crippen molar-refractivity contribution >= 4 is 0 Å². The highest BCUT2D eigenvalue weighted by Crippen LogP contribution is 2.59. The van der Waals surface area contributed by atoms with Crippen LogP contribution in [0.3, 0.4) is 0 Å². The highest BCUT2D eigenvalue weighted by Gasteiger charge is 2.50. The van der Waals surface area contributed by atoms with Gasteiger partial charge in [-0.25, -0.2) is 0 Å². The van der Waals surface area contributed by atoms with Gasteiger partial charge in [-0.2, -0.15) is 0 Å². The Labute approximate surface area is 97.5 Å². The minimum Gasteiger partial charge on any atom is -0.466 e. The van der Waals surface area contributed by atoms with E-state index in [1.165, 1.54) is 12.8 Å². The third-order valence-corrected chi connectivity index (χ3v) is 4.76. The lowest BCUT2D eigenvalue weighted by atomic mass is 9.48. The van der Waals surface area contributed by atoms with Crippen molar-refractivity contribution < 1.29 is 4.42 Å². The first-order chi connectivity index (χ1) is 7.57. The fraction of sp³-hybridized carbons (Fsp3) is 0.600. The number of hydrogen-bond donors (Lipinski definition) is 0. The number of furan rings is 1. The second kappa shape index (κ2) is 3.26. The Bertz CT molecular complexity index is 436. The summed E-state index contributed by atoms with van der Waals surface area (Å²) >= 11 is 0. The van der Waals surface area contributed by atoms with Crippen molar-refractivity contribution in [1.29, 1.82) is 0 Å². The van der Waals surface area contributed by atoms with Crippen LogP contribution < -0.4 is 0 Å². The normalized spacial score (nSPS) is 30.8. The van der Waals surface area contributed by atoms with Gasteiger partial charge in [0.05, 0.1) is 0 Å². The van der Waals surface area contributed by atoms with Crippen molar-refractivity contribution in [2.45, 2.75) is 40.0 Å². The van der Waals surface area contributed by atoms with Gasteiger partial charge in [-0.05, 0) is 49.1 Å². The van der Waals surface area contributed by atoms with Gasteiger partial charge >= 0.3 is 0 Å². The number of aryl methyl sites for hydroxylation is 1. The van der Waals surface area contributed by atoms with Crippen LogP contribution in [-0.2, 0) is 6.42 Å². The molecule has 1 aromatic rings. The topological polar surface area (TPSA) is 13.1 Å². The molecule has 2 bridgehead atoms. The first kappa shape index (κ1) is 10.2. The van der Waals surface area contributed by atoms with Gasteiger partial charge in [-0.15, -0.1) is 0 Å². The van der Waals surface area contributed by atoms with E-state index in [9.17, 15) is 0 Å². The molecule has 86 valence electrons. The van der Waals surface area contributed by atoms with E-state index in [4.69, 9.17) is 4.42 Å². The fourth-order valence-corrected chi connectivity index (χ4v) is 3.46. The van der Waals surface area contributed by atoms with Crippen molar-refractivity contribution in [2.24, 2.45) is 17.3 Å². The van der Waals surface area contributed by atoms with E-state index < -0.39 is 0 Å². The van der Waals surface area contributed by atoms with Crippen LogP contribution in [0.1, 0.15) is 38.2 Å². The summed E-state index contributed by atoms with van der Waals surface area (Å²) in [6.07, 6.45) is 6.16. The molecule has 1 heteroatoms. The van der Waals surface area contributed by atoms with Crippen LogP contribution in [0.25, 0.3) is 0 Å². The molecule has 1 aromatic heterocycles.